The molecule has 1 aliphatic heterocycles. The van der Waals surface area contributed by atoms with Crippen molar-refractivity contribution in [1.29, 1.82) is 0 Å². The van der Waals surface area contributed by atoms with Crippen molar-refractivity contribution in [2.45, 2.75) is 19.3 Å². The van der Waals surface area contributed by atoms with Gasteiger partial charge in [0.25, 0.3) is 0 Å². The van der Waals surface area contributed by atoms with E-state index < -0.39 is 0 Å². The number of thiophene rings is 1. The van der Waals surface area contributed by atoms with Gasteiger partial charge in [0.2, 0.25) is 5.91 Å². The molecular weight excluding hydrogens is 370 g/mol. The summed E-state index contributed by atoms with van der Waals surface area (Å²) in [6, 6.07) is 2.04. The fraction of sp³-hybridized carbons (Fsp3) is 0.429. The molecule has 4 nitrogen and oxygen atoms in total. The molecule has 21 heavy (non-hydrogen) atoms. The van der Waals surface area contributed by atoms with Crippen LogP contribution in [0.4, 0.5) is 5.13 Å². The quantitative estimate of drug-likeness (QED) is 0.818. The number of hydrogen-bond donors (Lipinski definition) is 2. The molecule has 2 aromatic rings. The predicted octanol–water partition coefficient (Wildman–Crippen LogP) is 3.96. The van der Waals surface area contributed by atoms with Crippen LogP contribution in [0.5, 0.6) is 0 Å². The Morgan fingerprint density at radius 3 is 3.10 bits per heavy atom. The fourth-order valence-electron chi connectivity index (χ4n) is 2.37. The standard InChI is InChI=1S/C14H16BrN3OS2/c15-10-5-12(20-7-10)11-8-21-14(17-11)18-13(19)2-1-9-3-4-16-6-9/h5,7-9,16H,1-4,6H2,(H,17,18,19). The van der Waals surface area contributed by atoms with Crippen LogP contribution in [0.15, 0.2) is 21.3 Å². The van der Waals surface area contributed by atoms with E-state index in [1.54, 1.807) is 11.3 Å². The number of anilines is 1. The zero-order valence-electron chi connectivity index (χ0n) is 11.4. The molecule has 0 radical (unpaired) electrons. The van der Waals surface area contributed by atoms with Gasteiger partial charge in [-0.05, 0) is 53.8 Å². The minimum atomic E-state index is 0.0650. The highest BCUT2D eigenvalue weighted by Crippen LogP contribution is 2.32. The Kier molecular flexibility index (Phi) is 5.05. The third-order valence-electron chi connectivity index (χ3n) is 3.51. The number of nitrogens with zero attached hydrogens (tertiary/aromatic N) is 1. The Labute approximate surface area is 140 Å². The summed E-state index contributed by atoms with van der Waals surface area (Å²) in [7, 11) is 0. The van der Waals surface area contributed by atoms with E-state index in [2.05, 4.69) is 31.5 Å². The summed E-state index contributed by atoms with van der Waals surface area (Å²) in [5.41, 5.74) is 0.922. The molecule has 1 unspecified atom stereocenters. The summed E-state index contributed by atoms with van der Waals surface area (Å²) in [4.78, 5) is 17.5. The number of aromatic nitrogens is 1. The van der Waals surface area contributed by atoms with Crippen molar-refractivity contribution in [3.05, 3.63) is 21.3 Å². The fourth-order valence-corrected chi connectivity index (χ4v) is 4.56. The summed E-state index contributed by atoms with van der Waals surface area (Å²) in [6.45, 7) is 2.13. The van der Waals surface area contributed by atoms with Gasteiger partial charge in [-0.2, -0.15) is 0 Å². The maximum absolute atomic E-state index is 11.9. The van der Waals surface area contributed by atoms with Crippen molar-refractivity contribution in [3.8, 4) is 10.6 Å². The van der Waals surface area contributed by atoms with Crippen molar-refractivity contribution < 1.29 is 4.79 Å². The van der Waals surface area contributed by atoms with Crippen LogP contribution in [0.1, 0.15) is 19.3 Å². The molecule has 3 rings (SSSR count). The molecule has 1 aliphatic rings. The molecule has 7 heteroatoms. The molecule has 1 amide bonds. The molecular formula is C14H16BrN3OS2. The number of nitrogens with one attached hydrogen (secondary N) is 2. The zero-order valence-corrected chi connectivity index (χ0v) is 14.6. The summed E-state index contributed by atoms with van der Waals surface area (Å²) in [6.07, 6.45) is 2.71. The molecule has 0 spiro atoms. The first-order chi connectivity index (χ1) is 10.2. The molecule has 0 saturated carbocycles. The normalized spacial score (nSPS) is 18.0. The number of carbonyl (C=O) groups is 1. The van der Waals surface area contributed by atoms with Crippen LogP contribution >= 0.6 is 38.6 Å². The Morgan fingerprint density at radius 2 is 2.38 bits per heavy atom. The first-order valence-corrected chi connectivity index (χ1v) is 9.46. The molecule has 0 aliphatic carbocycles. The van der Waals surface area contributed by atoms with Crippen molar-refractivity contribution in [2.24, 2.45) is 5.92 Å². The monoisotopic (exact) mass is 385 g/mol. The van der Waals surface area contributed by atoms with Crippen LogP contribution in [0.2, 0.25) is 0 Å². The highest BCUT2D eigenvalue weighted by molar-refractivity contribution is 9.10. The molecule has 3 heterocycles. The van der Waals surface area contributed by atoms with E-state index in [1.165, 1.54) is 17.8 Å². The maximum Gasteiger partial charge on any atom is 0.226 e. The molecule has 0 aromatic carbocycles. The lowest BCUT2D eigenvalue weighted by Crippen LogP contribution is -2.14. The largest absolute Gasteiger partial charge is 0.316 e. The Morgan fingerprint density at radius 1 is 1.48 bits per heavy atom. The van der Waals surface area contributed by atoms with Gasteiger partial charge in [0.1, 0.15) is 0 Å². The van der Waals surface area contributed by atoms with Gasteiger partial charge in [0.15, 0.2) is 5.13 Å². The van der Waals surface area contributed by atoms with Gasteiger partial charge in [-0.15, -0.1) is 22.7 Å². The van der Waals surface area contributed by atoms with Gasteiger partial charge in [-0.3, -0.25) is 4.79 Å². The van der Waals surface area contributed by atoms with Gasteiger partial charge < -0.3 is 10.6 Å². The van der Waals surface area contributed by atoms with Crippen LogP contribution < -0.4 is 10.6 Å². The highest BCUT2D eigenvalue weighted by Gasteiger charge is 2.16. The second-order valence-corrected chi connectivity index (χ2v) is 7.80. The van der Waals surface area contributed by atoms with Crippen LogP contribution in [-0.4, -0.2) is 24.0 Å². The van der Waals surface area contributed by atoms with Gasteiger partial charge in [0.05, 0.1) is 10.6 Å². The summed E-state index contributed by atoms with van der Waals surface area (Å²) in [5.74, 6) is 0.709. The Balaban J connectivity index is 1.53. The van der Waals surface area contributed by atoms with Crippen molar-refractivity contribution >= 4 is 49.6 Å². The average molecular weight is 386 g/mol. The lowest BCUT2D eigenvalue weighted by Gasteiger charge is -2.06. The van der Waals surface area contributed by atoms with Crippen LogP contribution in [0.25, 0.3) is 10.6 Å². The van der Waals surface area contributed by atoms with Crippen LogP contribution in [-0.2, 0) is 4.79 Å². The molecule has 1 atom stereocenters. The molecule has 112 valence electrons. The summed E-state index contributed by atoms with van der Waals surface area (Å²) < 4.78 is 1.06. The number of carbonyl (C=O) groups excluding carboxylic acids is 1. The molecule has 1 fully saturated rings. The van der Waals surface area contributed by atoms with Gasteiger partial charge in [-0.1, -0.05) is 0 Å². The van der Waals surface area contributed by atoms with Crippen LogP contribution in [0.3, 0.4) is 0 Å². The third-order valence-corrected chi connectivity index (χ3v) is 5.98. The highest BCUT2D eigenvalue weighted by atomic mass is 79.9. The predicted molar refractivity (Wildman–Crippen MR) is 92.0 cm³/mol. The molecule has 2 aromatic heterocycles. The van der Waals surface area contributed by atoms with Crippen molar-refractivity contribution in [2.75, 3.05) is 18.4 Å². The minimum absolute atomic E-state index is 0.0650. The zero-order chi connectivity index (χ0) is 14.7. The average Bonchev–Trinajstić information content (AvgIpc) is 3.17. The number of hydrogen-bond acceptors (Lipinski definition) is 5. The smallest absolute Gasteiger partial charge is 0.226 e. The number of amides is 1. The second-order valence-electron chi connectivity index (χ2n) is 5.11. The second kappa shape index (κ2) is 7.00. The Hall–Kier alpha value is -0.760. The van der Waals surface area contributed by atoms with Crippen molar-refractivity contribution in [1.82, 2.24) is 10.3 Å². The topological polar surface area (TPSA) is 54.0 Å². The molecule has 1 saturated heterocycles. The maximum atomic E-state index is 11.9. The van der Waals surface area contributed by atoms with E-state index in [1.807, 2.05) is 16.8 Å². The number of thiazole rings is 1. The SMILES string of the molecule is O=C(CCC1CCNC1)Nc1nc(-c2cc(Br)cs2)cs1. The van der Waals surface area contributed by atoms with E-state index in [0.29, 0.717) is 17.5 Å². The van der Waals surface area contributed by atoms with E-state index in [9.17, 15) is 4.79 Å². The lowest BCUT2D eigenvalue weighted by molar-refractivity contribution is -0.116. The van der Waals surface area contributed by atoms with Gasteiger partial charge in [-0.25, -0.2) is 4.98 Å². The van der Waals surface area contributed by atoms with Crippen molar-refractivity contribution in [3.63, 3.8) is 0 Å². The number of rotatable bonds is 5. The molecule has 0 bridgehead atoms. The third kappa shape index (κ3) is 4.12. The molecule has 2 N–H and O–H groups in total. The van der Waals surface area contributed by atoms with Gasteiger partial charge in [0, 0.05) is 21.7 Å². The minimum Gasteiger partial charge on any atom is -0.316 e. The van der Waals surface area contributed by atoms with E-state index >= 15 is 0 Å². The Bertz CT molecular complexity index is 619. The number of halogens is 1. The first-order valence-electron chi connectivity index (χ1n) is 6.91. The van der Waals surface area contributed by atoms with E-state index in [-0.39, 0.29) is 5.91 Å². The van der Waals surface area contributed by atoms with E-state index in [4.69, 9.17) is 0 Å². The lowest BCUT2D eigenvalue weighted by atomic mass is 10.0. The summed E-state index contributed by atoms with van der Waals surface area (Å²) >= 11 is 6.56. The van der Waals surface area contributed by atoms with E-state index in [0.717, 1.165) is 34.6 Å². The van der Waals surface area contributed by atoms with Crippen LogP contribution in [0, 0.1) is 5.92 Å². The van der Waals surface area contributed by atoms with Gasteiger partial charge >= 0.3 is 0 Å². The first kappa shape index (κ1) is 15.1. The summed E-state index contributed by atoms with van der Waals surface area (Å²) in [5, 5.41) is 10.9.